The van der Waals surface area contributed by atoms with Crippen molar-refractivity contribution < 1.29 is 28.6 Å². The molecular weight excluding hydrogens is 504 g/mol. The van der Waals surface area contributed by atoms with Crippen molar-refractivity contribution in [2.45, 2.75) is 46.3 Å². The maximum Gasteiger partial charge on any atom is 0.338 e. The van der Waals surface area contributed by atoms with Crippen LogP contribution in [0.3, 0.4) is 0 Å². The third-order valence-corrected chi connectivity index (χ3v) is 6.69. The van der Waals surface area contributed by atoms with Crippen LogP contribution >= 0.6 is 0 Å². The van der Waals surface area contributed by atoms with Crippen LogP contribution in [0.5, 0.6) is 5.75 Å². The quantitative estimate of drug-likeness (QED) is 0.168. The fourth-order valence-electron chi connectivity index (χ4n) is 4.52. The zero-order valence-corrected chi connectivity index (χ0v) is 23.2. The van der Waals surface area contributed by atoms with Crippen LogP contribution in [-0.2, 0) is 23.9 Å². The molecule has 0 aromatic heterocycles. The van der Waals surface area contributed by atoms with Gasteiger partial charge in [-0.1, -0.05) is 62.2 Å². The predicted molar refractivity (Wildman–Crippen MR) is 154 cm³/mol. The summed E-state index contributed by atoms with van der Waals surface area (Å²) in [5.74, 6) is -0.980. The van der Waals surface area contributed by atoms with Gasteiger partial charge in [0.15, 0.2) is 0 Å². The SMILES string of the molecule is C=C(C)C(=O)Oc1ccc(-c2ccc(-c3ccc4c(c3)C(OC(=O)C(=C)C)CC4OC(=O)C(=C)C)cc2C)cc1. The largest absolute Gasteiger partial charge is 0.454 e. The number of aryl methyl sites for hydroxylation is 1. The minimum Gasteiger partial charge on any atom is -0.454 e. The Kier molecular flexibility index (Phi) is 8.19. The third kappa shape index (κ3) is 6.12. The van der Waals surface area contributed by atoms with Crippen LogP contribution in [0.2, 0.25) is 0 Å². The Morgan fingerprint density at radius 3 is 1.70 bits per heavy atom. The summed E-state index contributed by atoms with van der Waals surface area (Å²) in [4.78, 5) is 36.4. The average Bonchev–Trinajstić information content (AvgIpc) is 3.24. The van der Waals surface area contributed by atoms with Crippen LogP contribution < -0.4 is 4.74 Å². The monoisotopic (exact) mass is 536 g/mol. The van der Waals surface area contributed by atoms with Gasteiger partial charge in [-0.3, -0.25) is 0 Å². The lowest BCUT2D eigenvalue weighted by molar-refractivity contribution is -0.149. The minimum absolute atomic E-state index is 0.299. The first kappa shape index (κ1) is 28.3. The summed E-state index contributed by atoms with van der Waals surface area (Å²) in [6.07, 6.45) is -0.787. The molecule has 0 radical (unpaired) electrons. The molecule has 3 aromatic carbocycles. The molecule has 0 spiro atoms. The van der Waals surface area contributed by atoms with Gasteiger partial charge in [0.05, 0.1) is 0 Å². The molecule has 0 amide bonds. The van der Waals surface area contributed by atoms with Gasteiger partial charge in [0.1, 0.15) is 18.0 Å². The Balaban J connectivity index is 1.62. The van der Waals surface area contributed by atoms with Gasteiger partial charge in [-0.15, -0.1) is 0 Å². The van der Waals surface area contributed by atoms with Gasteiger partial charge >= 0.3 is 17.9 Å². The highest BCUT2D eigenvalue weighted by Gasteiger charge is 2.36. The van der Waals surface area contributed by atoms with Crippen LogP contribution in [0, 0.1) is 6.92 Å². The van der Waals surface area contributed by atoms with E-state index in [0.717, 1.165) is 38.9 Å². The van der Waals surface area contributed by atoms with Crippen molar-refractivity contribution in [3.8, 4) is 28.0 Å². The number of hydrogen-bond donors (Lipinski definition) is 0. The number of benzene rings is 3. The second kappa shape index (κ2) is 11.6. The zero-order chi connectivity index (χ0) is 29.1. The number of fused-ring (bicyclic) bond motifs is 1. The number of carbonyl (C=O) groups is 3. The van der Waals surface area contributed by atoms with Crippen molar-refractivity contribution in [3.05, 3.63) is 114 Å². The summed E-state index contributed by atoms with van der Waals surface area (Å²) >= 11 is 0. The van der Waals surface area contributed by atoms with Gasteiger partial charge in [-0.25, -0.2) is 14.4 Å². The molecule has 3 aromatic rings. The summed E-state index contributed by atoms with van der Waals surface area (Å²) in [5, 5.41) is 0. The Bertz CT molecular complexity index is 1540. The van der Waals surface area contributed by atoms with Gasteiger partial charge in [0.25, 0.3) is 0 Å². The highest BCUT2D eigenvalue weighted by atomic mass is 16.6. The van der Waals surface area contributed by atoms with E-state index in [0.29, 0.717) is 28.9 Å². The smallest absolute Gasteiger partial charge is 0.338 e. The number of ether oxygens (including phenoxy) is 3. The van der Waals surface area contributed by atoms with Gasteiger partial charge in [-0.2, -0.15) is 0 Å². The van der Waals surface area contributed by atoms with Crippen molar-refractivity contribution in [2.24, 2.45) is 0 Å². The second-order valence-electron chi connectivity index (χ2n) is 10.2. The molecule has 1 aliphatic carbocycles. The molecule has 40 heavy (non-hydrogen) atoms. The van der Waals surface area contributed by atoms with E-state index in [1.807, 2.05) is 49.4 Å². The highest BCUT2D eigenvalue weighted by Crippen LogP contribution is 2.45. The van der Waals surface area contributed by atoms with Crippen LogP contribution in [0.15, 0.2) is 97.1 Å². The lowest BCUT2D eigenvalue weighted by Crippen LogP contribution is -2.12. The maximum atomic E-state index is 12.3. The number of carbonyl (C=O) groups excluding carboxylic acids is 3. The van der Waals surface area contributed by atoms with Crippen LogP contribution in [0.25, 0.3) is 22.3 Å². The highest BCUT2D eigenvalue weighted by molar-refractivity contribution is 5.89. The normalized spacial score (nSPS) is 15.5. The van der Waals surface area contributed by atoms with Gasteiger partial charge in [0, 0.05) is 28.7 Å². The van der Waals surface area contributed by atoms with Gasteiger partial charge in [0.2, 0.25) is 0 Å². The molecule has 204 valence electrons. The Morgan fingerprint density at radius 1 is 0.650 bits per heavy atom. The lowest BCUT2D eigenvalue weighted by atomic mass is 9.94. The summed E-state index contributed by atoms with van der Waals surface area (Å²) < 4.78 is 16.7. The second-order valence-corrected chi connectivity index (χ2v) is 10.2. The molecule has 0 fully saturated rings. The summed E-state index contributed by atoms with van der Waals surface area (Å²) in [5.41, 5.74) is 7.57. The molecule has 0 N–H and O–H groups in total. The molecule has 1 aliphatic rings. The first-order valence-electron chi connectivity index (χ1n) is 12.9. The van der Waals surface area contributed by atoms with Gasteiger partial charge in [-0.05, 0) is 79.3 Å². The van der Waals surface area contributed by atoms with E-state index in [-0.39, 0.29) is 0 Å². The predicted octanol–water partition coefficient (Wildman–Crippen LogP) is 7.54. The summed E-state index contributed by atoms with van der Waals surface area (Å²) in [6, 6.07) is 19.4. The molecule has 6 nitrogen and oxygen atoms in total. The van der Waals surface area contributed by atoms with Crippen molar-refractivity contribution >= 4 is 17.9 Å². The molecule has 0 bridgehead atoms. The maximum absolute atomic E-state index is 12.3. The van der Waals surface area contributed by atoms with E-state index in [9.17, 15) is 14.4 Å². The number of rotatable bonds is 8. The lowest BCUT2D eigenvalue weighted by Gasteiger charge is -2.15. The molecule has 0 saturated carbocycles. The van der Waals surface area contributed by atoms with Gasteiger partial charge < -0.3 is 14.2 Å². The number of hydrogen-bond acceptors (Lipinski definition) is 6. The third-order valence-electron chi connectivity index (χ3n) is 6.69. The molecular formula is C34H32O6. The van der Waals surface area contributed by atoms with E-state index in [1.54, 1.807) is 32.9 Å². The van der Waals surface area contributed by atoms with Crippen molar-refractivity contribution in [2.75, 3.05) is 0 Å². The molecule has 0 heterocycles. The fraction of sp³-hybridized carbons (Fsp3) is 0.206. The van der Waals surface area contributed by atoms with Crippen molar-refractivity contribution in [1.29, 1.82) is 0 Å². The molecule has 0 aliphatic heterocycles. The van der Waals surface area contributed by atoms with Crippen LogP contribution in [0.1, 0.15) is 56.1 Å². The van der Waals surface area contributed by atoms with Crippen molar-refractivity contribution in [1.82, 2.24) is 0 Å². The summed E-state index contributed by atoms with van der Waals surface area (Å²) in [7, 11) is 0. The Hall–Kier alpha value is -4.71. The number of esters is 3. The van der Waals surface area contributed by atoms with E-state index in [2.05, 4.69) is 25.8 Å². The van der Waals surface area contributed by atoms with E-state index >= 15 is 0 Å². The molecule has 2 unspecified atom stereocenters. The fourth-order valence-corrected chi connectivity index (χ4v) is 4.52. The molecule has 4 rings (SSSR count). The first-order chi connectivity index (χ1) is 18.9. The van der Waals surface area contributed by atoms with E-state index < -0.39 is 30.1 Å². The molecule has 2 atom stereocenters. The first-order valence-corrected chi connectivity index (χ1v) is 12.9. The van der Waals surface area contributed by atoms with E-state index in [1.165, 1.54) is 0 Å². The summed E-state index contributed by atoms with van der Waals surface area (Å²) in [6.45, 7) is 17.8. The molecule has 6 heteroatoms. The standard InChI is InChI=1S/C34H32O6/c1-19(2)32(35)38-26-12-8-23(9-13-26)27-14-10-24(16-22(27)7)25-11-15-28-29(17-25)31(40-34(37)21(5)6)18-30(28)39-33(36)20(3)4/h8-17,30-31H,1,3,5,18H2,2,4,6-7H3. The van der Waals surface area contributed by atoms with E-state index in [4.69, 9.17) is 14.2 Å². The average molecular weight is 537 g/mol. The van der Waals surface area contributed by atoms with Crippen LogP contribution in [0.4, 0.5) is 0 Å². The Labute approximate surface area is 234 Å². The Morgan fingerprint density at radius 2 is 1.15 bits per heavy atom. The van der Waals surface area contributed by atoms with Crippen molar-refractivity contribution in [3.63, 3.8) is 0 Å². The minimum atomic E-state index is -0.570. The van der Waals surface area contributed by atoms with Crippen LogP contribution in [-0.4, -0.2) is 17.9 Å². The topological polar surface area (TPSA) is 78.9 Å². The molecule has 0 saturated heterocycles. The zero-order valence-electron chi connectivity index (χ0n) is 23.2.